The maximum Gasteiger partial charge on any atom is 0.472 e. The van der Waals surface area contributed by atoms with Crippen LogP contribution in [0.1, 0.15) is 375 Å². The predicted molar refractivity (Wildman–Crippen MR) is 368 cm³/mol. The fourth-order valence-corrected chi connectivity index (χ4v) is 12.6. The van der Waals surface area contributed by atoms with Gasteiger partial charge in [0.25, 0.3) is 0 Å². The summed E-state index contributed by atoms with van der Waals surface area (Å²) < 4.78 is 68.2. The SMILES string of the molecule is CCCCCCCCCCCCCCCCCCCCCCCC(=O)O[C@H](COC(=O)CCCCCCCCCCCCCCC)COP(=O)(O)OC[C@@H](O)COP(=O)(O)OC[C@@H](COC(=O)CCCCCCCCC)OC(=O)CCCCCCCCCC(C)C. The van der Waals surface area contributed by atoms with Crippen LogP contribution in [0.25, 0.3) is 0 Å². The molecule has 0 aliphatic carbocycles. The molecule has 91 heavy (non-hydrogen) atoms. The quantitative estimate of drug-likeness (QED) is 0.0222. The molecule has 0 saturated heterocycles. The van der Waals surface area contributed by atoms with Crippen molar-refractivity contribution < 1.29 is 80.2 Å². The number of aliphatic hydroxyl groups excluding tert-OH is 1. The second kappa shape index (κ2) is 65.4. The fourth-order valence-electron chi connectivity index (χ4n) is 11.0. The molecule has 0 spiro atoms. The molecule has 0 aromatic rings. The van der Waals surface area contributed by atoms with E-state index in [1.165, 1.54) is 186 Å². The summed E-state index contributed by atoms with van der Waals surface area (Å²) in [5, 5.41) is 10.6. The van der Waals surface area contributed by atoms with E-state index in [1.807, 2.05) is 0 Å². The summed E-state index contributed by atoms with van der Waals surface area (Å²) in [7, 11) is -9.89. The van der Waals surface area contributed by atoms with Gasteiger partial charge in [0, 0.05) is 25.7 Å². The van der Waals surface area contributed by atoms with E-state index in [2.05, 4.69) is 34.6 Å². The van der Waals surface area contributed by atoms with Gasteiger partial charge < -0.3 is 33.8 Å². The molecular formula is C72H140O17P2. The van der Waals surface area contributed by atoms with Crippen LogP contribution in [-0.4, -0.2) is 96.7 Å². The molecule has 17 nitrogen and oxygen atoms in total. The molecule has 0 rings (SSSR count). The van der Waals surface area contributed by atoms with Gasteiger partial charge in [-0.15, -0.1) is 0 Å². The highest BCUT2D eigenvalue weighted by molar-refractivity contribution is 7.47. The Kier molecular flexibility index (Phi) is 64.0. The van der Waals surface area contributed by atoms with E-state index in [0.29, 0.717) is 31.6 Å². The summed E-state index contributed by atoms with van der Waals surface area (Å²) in [6.07, 6.45) is 53.1. The third kappa shape index (κ3) is 66.5. The first-order valence-electron chi connectivity index (χ1n) is 37.6. The average molecular weight is 1340 g/mol. The molecule has 5 atom stereocenters. The van der Waals surface area contributed by atoms with Crippen molar-refractivity contribution in [3.63, 3.8) is 0 Å². The van der Waals surface area contributed by atoms with Crippen LogP contribution in [0.5, 0.6) is 0 Å². The zero-order valence-electron chi connectivity index (χ0n) is 59.0. The van der Waals surface area contributed by atoms with Crippen LogP contribution >= 0.6 is 15.6 Å². The number of hydrogen-bond acceptors (Lipinski definition) is 15. The van der Waals surface area contributed by atoms with Gasteiger partial charge in [0.2, 0.25) is 0 Å². The number of rotatable bonds is 72. The Bertz CT molecular complexity index is 1750. The van der Waals surface area contributed by atoms with Gasteiger partial charge in [0.1, 0.15) is 19.3 Å². The van der Waals surface area contributed by atoms with Crippen LogP contribution in [0.2, 0.25) is 0 Å². The molecule has 19 heteroatoms. The van der Waals surface area contributed by atoms with Crippen LogP contribution in [0.4, 0.5) is 0 Å². The standard InChI is InChI=1S/C72H140O17P2/c1-6-9-12-15-18-20-22-24-25-26-27-28-29-30-31-33-35-37-42-47-52-57-71(76)88-68(62-83-70(75)56-51-46-41-36-34-32-23-21-19-16-13-10-7-2)64-87-91(80,81)85-60-66(73)59-84-90(78,79)86-63-67(61-82-69(74)55-50-45-39-17-14-11-8-3)89-72(77)58-53-48-43-38-40-44-49-54-65(4)5/h65-68,73H,6-64H2,1-5H3,(H,78,79)(H,80,81)/t66-,67+,68+/m0/s1. The third-order valence-electron chi connectivity index (χ3n) is 16.8. The van der Waals surface area contributed by atoms with Gasteiger partial charge in [0.15, 0.2) is 12.2 Å². The molecule has 0 amide bonds. The maximum absolute atomic E-state index is 13.0. The Hall–Kier alpha value is -1.94. The fraction of sp³-hybridized carbons (Fsp3) is 0.944. The molecule has 0 radical (unpaired) electrons. The minimum atomic E-state index is -4.95. The predicted octanol–water partition coefficient (Wildman–Crippen LogP) is 20.9. The summed E-state index contributed by atoms with van der Waals surface area (Å²) in [5.41, 5.74) is 0. The molecule has 2 unspecified atom stereocenters. The summed E-state index contributed by atoms with van der Waals surface area (Å²) >= 11 is 0. The molecule has 0 aliphatic rings. The molecule has 0 heterocycles. The molecule has 0 aliphatic heterocycles. The first-order chi connectivity index (χ1) is 44.0. The smallest absolute Gasteiger partial charge is 0.462 e. The molecule has 0 saturated carbocycles. The zero-order chi connectivity index (χ0) is 67.0. The maximum atomic E-state index is 13.0. The van der Waals surface area contributed by atoms with Gasteiger partial charge in [-0.25, -0.2) is 9.13 Å². The lowest BCUT2D eigenvalue weighted by Crippen LogP contribution is -2.30. The van der Waals surface area contributed by atoms with Crippen molar-refractivity contribution in [2.24, 2.45) is 5.92 Å². The Labute approximate surface area is 556 Å². The Balaban J connectivity index is 5.14. The molecule has 0 bridgehead atoms. The Morgan fingerprint density at radius 1 is 0.297 bits per heavy atom. The van der Waals surface area contributed by atoms with E-state index in [-0.39, 0.29) is 25.7 Å². The van der Waals surface area contributed by atoms with E-state index >= 15 is 0 Å². The largest absolute Gasteiger partial charge is 0.472 e. The first-order valence-corrected chi connectivity index (χ1v) is 40.6. The van der Waals surface area contributed by atoms with Crippen molar-refractivity contribution in [3.8, 4) is 0 Å². The number of hydrogen-bond donors (Lipinski definition) is 3. The Morgan fingerprint density at radius 2 is 0.505 bits per heavy atom. The van der Waals surface area contributed by atoms with E-state index in [1.54, 1.807) is 0 Å². The van der Waals surface area contributed by atoms with Crippen molar-refractivity contribution >= 4 is 39.5 Å². The van der Waals surface area contributed by atoms with E-state index < -0.39 is 97.5 Å². The van der Waals surface area contributed by atoms with Crippen LogP contribution in [0.15, 0.2) is 0 Å². The van der Waals surface area contributed by atoms with Crippen molar-refractivity contribution in [3.05, 3.63) is 0 Å². The number of phosphoric ester groups is 2. The molecule has 3 N–H and O–H groups in total. The average Bonchev–Trinajstić information content (AvgIpc) is 3.64. The summed E-state index contributed by atoms with van der Waals surface area (Å²) in [6.45, 7) is 7.15. The second-order valence-electron chi connectivity index (χ2n) is 26.5. The highest BCUT2D eigenvalue weighted by atomic mass is 31.2. The molecular weight excluding hydrogens is 1200 g/mol. The molecule has 0 aromatic heterocycles. The summed E-state index contributed by atoms with van der Waals surface area (Å²) in [4.78, 5) is 72.4. The lowest BCUT2D eigenvalue weighted by Gasteiger charge is -2.21. The lowest BCUT2D eigenvalue weighted by atomic mass is 10.0. The molecule has 0 aromatic carbocycles. The number of esters is 4. The minimum absolute atomic E-state index is 0.103. The minimum Gasteiger partial charge on any atom is -0.462 e. The zero-order valence-corrected chi connectivity index (χ0v) is 60.8. The number of carbonyl (C=O) groups excluding carboxylic acids is 4. The van der Waals surface area contributed by atoms with Crippen molar-refractivity contribution in [2.45, 2.75) is 393 Å². The highest BCUT2D eigenvalue weighted by Gasteiger charge is 2.30. The monoisotopic (exact) mass is 1340 g/mol. The van der Waals surface area contributed by atoms with Gasteiger partial charge in [-0.2, -0.15) is 0 Å². The van der Waals surface area contributed by atoms with Gasteiger partial charge in [0.05, 0.1) is 26.4 Å². The number of phosphoric acid groups is 2. The van der Waals surface area contributed by atoms with Gasteiger partial charge >= 0.3 is 39.5 Å². The Morgan fingerprint density at radius 3 is 0.747 bits per heavy atom. The van der Waals surface area contributed by atoms with E-state index in [9.17, 15) is 43.2 Å². The highest BCUT2D eigenvalue weighted by Crippen LogP contribution is 2.45. The van der Waals surface area contributed by atoms with Crippen LogP contribution in [-0.2, 0) is 65.4 Å². The lowest BCUT2D eigenvalue weighted by molar-refractivity contribution is -0.161. The van der Waals surface area contributed by atoms with Crippen molar-refractivity contribution in [1.82, 2.24) is 0 Å². The van der Waals surface area contributed by atoms with E-state index in [0.717, 1.165) is 103 Å². The second-order valence-corrected chi connectivity index (χ2v) is 29.4. The normalized spacial score (nSPS) is 14.0. The molecule has 540 valence electrons. The number of ether oxygens (including phenoxy) is 4. The van der Waals surface area contributed by atoms with E-state index in [4.69, 9.17) is 37.0 Å². The summed E-state index contributed by atoms with van der Waals surface area (Å²) in [6, 6.07) is 0. The first kappa shape index (κ1) is 89.1. The van der Waals surface area contributed by atoms with Crippen molar-refractivity contribution in [2.75, 3.05) is 39.6 Å². The number of aliphatic hydroxyl groups is 1. The number of carbonyl (C=O) groups is 4. The van der Waals surface area contributed by atoms with Crippen LogP contribution in [0, 0.1) is 5.92 Å². The topological polar surface area (TPSA) is 237 Å². The van der Waals surface area contributed by atoms with Gasteiger partial charge in [-0.1, -0.05) is 324 Å². The van der Waals surface area contributed by atoms with Crippen molar-refractivity contribution in [1.29, 1.82) is 0 Å². The third-order valence-corrected chi connectivity index (χ3v) is 18.7. The van der Waals surface area contributed by atoms with Crippen LogP contribution in [0.3, 0.4) is 0 Å². The summed E-state index contributed by atoms with van der Waals surface area (Å²) in [5.74, 6) is -1.43. The van der Waals surface area contributed by atoms with Crippen LogP contribution < -0.4 is 0 Å². The molecule has 0 fully saturated rings. The van der Waals surface area contributed by atoms with Gasteiger partial charge in [-0.05, 0) is 31.6 Å². The number of unbranched alkanes of at least 4 members (excludes halogenated alkanes) is 44. The van der Waals surface area contributed by atoms with Gasteiger partial charge in [-0.3, -0.25) is 37.3 Å².